The number of nitrogens with one attached hydrogen (secondary N) is 1. The van der Waals surface area contributed by atoms with Crippen LogP contribution >= 0.6 is 15.9 Å². The molecule has 16 heavy (non-hydrogen) atoms. The van der Waals surface area contributed by atoms with Crippen LogP contribution in [0.5, 0.6) is 0 Å². The van der Waals surface area contributed by atoms with Gasteiger partial charge in [-0.25, -0.2) is 0 Å². The van der Waals surface area contributed by atoms with E-state index in [1.54, 1.807) is 0 Å². The Hall–Kier alpha value is -0.940. The SMILES string of the molecule is Brc1cccn2c(CNC3CCC3)nnc12. The number of halogens is 1. The molecule has 0 atom stereocenters. The summed E-state index contributed by atoms with van der Waals surface area (Å²) in [5.41, 5.74) is 0.882. The maximum Gasteiger partial charge on any atom is 0.175 e. The second-order valence-corrected chi connectivity index (χ2v) is 5.03. The van der Waals surface area contributed by atoms with E-state index < -0.39 is 0 Å². The molecule has 0 unspecified atom stereocenters. The summed E-state index contributed by atoms with van der Waals surface area (Å²) in [6, 6.07) is 4.65. The Balaban J connectivity index is 1.83. The van der Waals surface area contributed by atoms with Gasteiger partial charge in [-0.15, -0.1) is 10.2 Å². The van der Waals surface area contributed by atoms with Gasteiger partial charge >= 0.3 is 0 Å². The van der Waals surface area contributed by atoms with Crippen LogP contribution in [-0.4, -0.2) is 20.6 Å². The monoisotopic (exact) mass is 280 g/mol. The minimum Gasteiger partial charge on any atom is -0.307 e. The topological polar surface area (TPSA) is 42.2 Å². The van der Waals surface area contributed by atoms with Crippen molar-refractivity contribution >= 4 is 21.6 Å². The first kappa shape index (κ1) is 10.2. The average molecular weight is 281 g/mol. The van der Waals surface area contributed by atoms with Gasteiger partial charge in [0, 0.05) is 12.2 Å². The Labute approximate surface area is 102 Å². The van der Waals surface area contributed by atoms with Crippen LogP contribution in [0, 0.1) is 0 Å². The first-order valence-corrected chi connectivity index (χ1v) is 6.35. The molecule has 0 aliphatic heterocycles. The lowest BCUT2D eigenvalue weighted by molar-refractivity contribution is 0.335. The summed E-state index contributed by atoms with van der Waals surface area (Å²) in [4.78, 5) is 0. The third-order valence-corrected chi connectivity index (χ3v) is 3.73. The lowest BCUT2D eigenvalue weighted by Gasteiger charge is -2.26. The number of hydrogen-bond donors (Lipinski definition) is 1. The molecule has 1 aliphatic rings. The molecule has 1 N–H and O–H groups in total. The van der Waals surface area contributed by atoms with Crippen molar-refractivity contribution in [2.24, 2.45) is 0 Å². The van der Waals surface area contributed by atoms with E-state index in [-0.39, 0.29) is 0 Å². The Morgan fingerprint density at radius 1 is 1.44 bits per heavy atom. The molecule has 1 aliphatic carbocycles. The molecule has 4 nitrogen and oxygen atoms in total. The van der Waals surface area contributed by atoms with Gasteiger partial charge < -0.3 is 5.32 Å². The number of rotatable bonds is 3. The molecule has 2 heterocycles. The van der Waals surface area contributed by atoms with Crippen LogP contribution in [0.4, 0.5) is 0 Å². The fourth-order valence-electron chi connectivity index (χ4n) is 1.90. The smallest absolute Gasteiger partial charge is 0.175 e. The van der Waals surface area contributed by atoms with Crippen molar-refractivity contribution in [2.45, 2.75) is 31.8 Å². The Kier molecular flexibility index (Phi) is 2.65. The van der Waals surface area contributed by atoms with Crippen molar-refractivity contribution in [3.63, 3.8) is 0 Å². The summed E-state index contributed by atoms with van der Waals surface area (Å²) in [5.74, 6) is 0.975. The first-order valence-electron chi connectivity index (χ1n) is 5.56. The second-order valence-electron chi connectivity index (χ2n) is 4.17. The van der Waals surface area contributed by atoms with E-state index in [9.17, 15) is 0 Å². The average Bonchev–Trinajstić information content (AvgIpc) is 2.61. The van der Waals surface area contributed by atoms with E-state index >= 15 is 0 Å². The van der Waals surface area contributed by atoms with Crippen LogP contribution in [-0.2, 0) is 6.54 Å². The number of aromatic nitrogens is 3. The molecule has 84 valence electrons. The molecule has 0 radical (unpaired) electrons. The van der Waals surface area contributed by atoms with Gasteiger partial charge in [-0.3, -0.25) is 4.40 Å². The molecular weight excluding hydrogens is 268 g/mol. The molecule has 0 aromatic carbocycles. The van der Waals surface area contributed by atoms with Crippen LogP contribution in [0.2, 0.25) is 0 Å². The van der Waals surface area contributed by atoms with Crippen molar-refractivity contribution < 1.29 is 0 Å². The van der Waals surface area contributed by atoms with E-state index in [1.807, 2.05) is 22.7 Å². The third kappa shape index (κ3) is 1.74. The molecular formula is C11H13BrN4. The number of hydrogen-bond acceptors (Lipinski definition) is 3. The third-order valence-electron chi connectivity index (χ3n) is 3.11. The van der Waals surface area contributed by atoms with E-state index in [0.29, 0.717) is 6.04 Å². The highest BCUT2D eigenvalue weighted by atomic mass is 79.9. The molecule has 0 saturated heterocycles. The van der Waals surface area contributed by atoms with E-state index in [4.69, 9.17) is 0 Å². The second kappa shape index (κ2) is 4.14. The van der Waals surface area contributed by atoms with Crippen LogP contribution in [0.3, 0.4) is 0 Å². The van der Waals surface area contributed by atoms with Gasteiger partial charge in [0.15, 0.2) is 11.5 Å². The summed E-state index contributed by atoms with van der Waals surface area (Å²) in [5, 5.41) is 11.9. The van der Waals surface area contributed by atoms with Crippen molar-refractivity contribution in [3.05, 3.63) is 28.6 Å². The standard InChI is InChI=1S/C11H13BrN4/c12-9-5-2-6-16-10(14-15-11(9)16)7-13-8-3-1-4-8/h2,5-6,8,13H,1,3-4,7H2. The molecule has 0 amide bonds. The van der Waals surface area contributed by atoms with Gasteiger partial charge in [-0.1, -0.05) is 6.42 Å². The number of fused-ring (bicyclic) bond motifs is 1. The van der Waals surface area contributed by atoms with Gasteiger partial charge in [0.2, 0.25) is 0 Å². The lowest BCUT2D eigenvalue weighted by Crippen LogP contribution is -2.35. The zero-order valence-corrected chi connectivity index (χ0v) is 10.4. The van der Waals surface area contributed by atoms with E-state index in [1.165, 1.54) is 19.3 Å². The van der Waals surface area contributed by atoms with Crippen LogP contribution in [0.15, 0.2) is 22.8 Å². The fraction of sp³-hybridized carbons (Fsp3) is 0.455. The summed E-state index contributed by atoms with van der Waals surface area (Å²) in [6.45, 7) is 0.794. The largest absolute Gasteiger partial charge is 0.307 e. The number of nitrogens with zero attached hydrogens (tertiary/aromatic N) is 3. The van der Waals surface area contributed by atoms with Gasteiger partial charge in [-0.2, -0.15) is 0 Å². The molecule has 0 spiro atoms. The van der Waals surface area contributed by atoms with Gasteiger partial charge in [0.25, 0.3) is 0 Å². The normalized spacial score (nSPS) is 16.6. The minimum absolute atomic E-state index is 0.680. The molecule has 1 saturated carbocycles. The first-order chi connectivity index (χ1) is 7.84. The number of pyridine rings is 1. The maximum absolute atomic E-state index is 4.21. The van der Waals surface area contributed by atoms with Crippen molar-refractivity contribution in [2.75, 3.05) is 0 Å². The summed E-state index contributed by atoms with van der Waals surface area (Å²) in [7, 11) is 0. The van der Waals surface area contributed by atoms with Crippen LogP contribution < -0.4 is 5.32 Å². The zero-order chi connectivity index (χ0) is 11.0. The fourth-order valence-corrected chi connectivity index (χ4v) is 2.32. The Morgan fingerprint density at radius 2 is 2.31 bits per heavy atom. The van der Waals surface area contributed by atoms with Gasteiger partial charge in [0.05, 0.1) is 11.0 Å². The highest BCUT2D eigenvalue weighted by molar-refractivity contribution is 9.10. The van der Waals surface area contributed by atoms with Gasteiger partial charge in [0.1, 0.15) is 0 Å². The van der Waals surface area contributed by atoms with Crippen molar-refractivity contribution in [1.29, 1.82) is 0 Å². The predicted molar refractivity (Wildman–Crippen MR) is 65.2 cm³/mol. The zero-order valence-electron chi connectivity index (χ0n) is 8.86. The van der Waals surface area contributed by atoms with Crippen molar-refractivity contribution in [3.8, 4) is 0 Å². The summed E-state index contributed by atoms with van der Waals surface area (Å²) < 4.78 is 3.01. The molecule has 1 fully saturated rings. The lowest BCUT2D eigenvalue weighted by atomic mass is 9.93. The van der Waals surface area contributed by atoms with Crippen LogP contribution in [0.1, 0.15) is 25.1 Å². The molecule has 0 bridgehead atoms. The Morgan fingerprint density at radius 3 is 3.06 bits per heavy atom. The summed E-state index contributed by atoms with van der Waals surface area (Å²) >= 11 is 3.47. The highest BCUT2D eigenvalue weighted by Gasteiger charge is 2.17. The highest BCUT2D eigenvalue weighted by Crippen LogP contribution is 2.19. The Bertz CT molecular complexity index is 504. The van der Waals surface area contributed by atoms with Crippen molar-refractivity contribution in [1.82, 2.24) is 19.9 Å². The molecule has 3 rings (SSSR count). The predicted octanol–water partition coefficient (Wildman–Crippen LogP) is 2.13. The molecule has 2 aromatic rings. The van der Waals surface area contributed by atoms with E-state index in [2.05, 4.69) is 31.4 Å². The maximum atomic E-state index is 4.21. The van der Waals surface area contributed by atoms with Gasteiger partial charge in [-0.05, 0) is 40.9 Å². The summed E-state index contributed by atoms with van der Waals surface area (Å²) in [6.07, 6.45) is 5.93. The van der Waals surface area contributed by atoms with Crippen LogP contribution in [0.25, 0.3) is 5.65 Å². The minimum atomic E-state index is 0.680. The quantitative estimate of drug-likeness (QED) is 0.937. The molecule has 5 heteroatoms. The van der Waals surface area contributed by atoms with E-state index in [0.717, 1.165) is 22.5 Å². The molecule has 2 aromatic heterocycles.